The highest BCUT2D eigenvalue weighted by Gasteiger charge is 2.09. The van der Waals surface area contributed by atoms with Gasteiger partial charge in [0.2, 0.25) is 0 Å². The average molecular weight is 325 g/mol. The lowest BCUT2D eigenvalue weighted by molar-refractivity contribution is 0.596. The zero-order valence-electron chi connectivity index (χ0n) is 10.4. The van der Waals surface area contributed by atoms with Gasteiger partial charge in [-0.2, -0.15) is 0 Å². The number of aryl methyl sites for hydroxylation is 1. The Labute approximate surface area is 127 Å². The quantitative estimate of drug-likeness (QED) is 0.684. The van der Waals surface area contributed by atoms with E-state index in [2.05, 4.69) is 10.2 Å². The number of rotatable bonds is 3. The number of hydrogen-bond acceptors (Lipinski definition) is 6. The molecule has 0 radical (unpaired) electrons. The highest BCUT2D eigenvalue weighted by molar-refractivity contribution is 8.00. The Balaban J connectivity index is 1.92. The second kappa shape index (κ2) is 5.55. The van der Waals surface area contributed by atoms with Crippen LogP contribution < -0.4 is 5.43 Å². The van der Waals surface area contributed by atoms with Gasteiger partial charge in [-0.05, 0) is 25.1 Å². The van der Waals surface area contributed by atoms with Crippen LogP contribution in [0.25, 0.3) is 11.0 Å². The van der Waals surface area contributed by atoms with Crippen LogP contribution in [-0.2, 0) is 5.75 Å². The molecule has 2 aromatic heterocycles. The molecule has 0 N–H and O–H groups in total. The standard InChI is InChI=1S/C13H9ClN2O2S2/c1-7-15-16-13(20-7)19-6-8-5-18-11-3-2-9(14)4-10(11)12(8)17/h2-5H,6H2,1H3. The Kier molecular flexibility index (Phi) is 3.78. The summed E-state index contributed by atoms with van der Waals surface area (Å²) in [5, 5.41) is 9.89. The number of fused-ring (bicyclic) bond motifs is 1. The maximum absolute atomic E-state index is 12.3. The van der Waals surface area contributed by atoms with Crippen LogP contribution in [0.1, 0.15) is 10.6 Å². The summed E-state index contributed by atoms with van der Waals surface area (Å²) < 4.78 is 6.31. The lowest BCUT2D eigenvalue weighted by Gasteiger charge is -2.01. The van der Waals surface area contributed by atoms with Crippen LogP contribution >= 0.6 is 34.7 Å². The Morgan fingerprint density at radius 2 is 2.25 bits per heavy atom. The Morgan fingerprint density at radius 1 is 1.40 bits per heavy atom. The first-order valence-electron chi connectivity index (χ1n) is 5.76. The molecule has 0 spiro atoms. The van der Waals surface area contributed by atoms with E-state index in [4.69, 9.17) is 16.0 Å². The summed E-state index contributed by atoms with van der Waals surface area (Å²) in [7, 11) is 0. The second-order valence-electron chi connectivity index (χ2n) is 4.11. The molecule has 3 aromatic rings. The van der Waals surface area contributed by atoms with Crippen molar-refractivity contribution >= 4 is 45.7 Å². The van der Waals surface area contributed by atoms with Crippen molar-refractivity contribution in [3.05, 3.63) is 50.3 Å². The van der Waals surface area contributed by atoms with Gasteiger partial charge >= 0.3 is 0 Å². The topological polar surface area (TPSA) is 56.0 Å². The summed E-state index contributed by atoms with van der Waals surface area (Å²) in [6.45, 7) is 1.90. The third-order valence-electron chi connectivity index (χ3n) is 2.66. The van der Waals surface area contributed by atoms with E-state index in [9.17, 15) is 4.79 Å². The molecule has 0 fully saturated rings. The van der Waals surface area contributed by atoms with Crippen molar-refractivity contribution in [3.8, 4) is 0 Å². The molecule has 20 heavy (non-hydrogen) atoms. The van der Waals surface area contributed by atoms with Crippen LogP contribution in [-0.4, -0.2) is 10.2 Å². The van der Waals surface area contributed by atoms with Crippen LogP contribution in [0.4, 0.5) is 0 Å². The van der Waals surface area contributed by atoms with Crippen LogP contribution in [0.3, 0.4) is 0 Å². The predicted octanol–water partition coefficient (Wildman–Crippen LogP) is 3.90. The molecule has 2 heterocycles. The number of aromatic nitrogens is 2. The van der Waals surface area contributed by atoms with Gasteiger partial charge in [0.25, 0.3) is 0 Å². The van der Waals surface area contributed by atoms with Gasteiger partial charge < -0.3 is 4.42 Å². The fourth-order valence-corrected chi connectivity index (χ4v) is 3.66. The molecule has 0 amide bonds. The fraction of sp³-hybridized carbons (Fsp3) is 0.154. The highest BCUT2D eigenvalue weighted by atomic mass is 35.5. The highest BCUT2D eigenvalue weighted by Crippen LogP contribution is 2.25. The van der Waals surface area contributed by atoms with Gasteiger partial charge in [-0.25, -0.2) is 0 Å². The molecule has 3 rings (SSSR count). The number of benzene rings is 1. The van der Waals surface area contributed by atoms with Crippen LogP contribution in [0.15, 0.2) is 38.0 Å². The third-order valence-corrected chi connectivity index (χ3v) is 4.92. The molecule has 4 nitrogen and oxygen atoms in total. The van der Waals surface area contributed by atoms with Gasteiger partial charge in [0.1, 0.15) is 10.6 Å². The first kappa shape index (κ1) is 13.6. The number of hydrogen-bond donors (Lipinski definition) is 0. The van der Waals surface area contributed by atoms with Gasteiger partial charge in [-0.3, -0.25) is 4.79 Å². The minimum absolute atomic E-state index is 0.0533. The molecule has 0 saturated carbocycles. The van der Waals surface area contributed by atoms with E-state index in [-0.39, 0.29) is 5.43 Å². The Bertz CT molecular complexity index is 829. The van der Waals surface area contributed by atoms with E-state index < -0.39 is 0 Å². The molecule has 0 bridgehead atoms. The summed E-state index contributed by atoms with van der Waals surface area (Å²) in [6, 6.07) is 5.03. The van der Waals surface area contributed by atoms with E-state index in [1.54, 1.807) is 18.2 Å². The van der Waals surface area contributed by atoms with Crippen molar-refractivity contribution in [2.45, 2.75) is 17.0 Å². The molecule has 7 heteroatoms. The van der Waals surface area contributed by atoms with Crippen LogP contribution in [0, 0.1) is 6.92 Å². The van der Waals surface area contributed by atoms with Gasteiger partial charge in [-0.1, -0.05) is 34.7 Å². The summed E-state index contributed by atoms with van der Waals surface area (Å²) in [5.41, 5.74) is 1.08. The molecule has 0 unspecified atom stereocenters. The molecule has 0 aliphatic carbocycles. The minimum atomic E-state index is -0.0533. The van der Waals surface area contributed by atoms with Crippen molar-refractivity contribution < 1.29 is 4.42 Å². The Hall–Kier alpha value is -1.37. The van der Waals surface area contributed by atoms with E-state index in [1.807, 2.05) is 6.92 Å². The zero-order chi connectivity index (χ0) is 14.1. The number of halogens is 1. The van der Waals surface area contributed by atoms with Gasteiger partial charge in [0.15, 0.2) is 9.77 Å². The molecular formula is C13H9ClN2O2S2. The summed E-state index contributed by atoms with van der Waals surface area (Å²) in [4.78, 5) is 12.3. The predicted molar refractivity (Wildman–Crippen MR) is 81.7 cm³/mol. The van der Waals surface area contributed by atoms with Crippen LogP contribution in [0.5, 0.6) is 0 Å². The first-order valence-corrected chi connectivity index (χ1v) is 7.94. The maximum Gasteiger partial charge on any atom is 0.196 e. The minimum Gasteiger partial charge on any atom is -0.464 e. The van der Waals surface area contributed by atoms with Crippen molar-refractivity contribution in [1.29, 1.82) is 0 Å². The number of nitrogens with zero attached hydrogens (tertiary/aromatic N) is 2. The van der Waals surface area contributed by atoms with Gasteiger partial charge in [-0.15, -0.1) is 10.2 Å². The molecule has 0 atom stereocenters. The maximum atomic E-state index is 12.3. The molecular weight excluding hydrogens is 316 g/mol. The second-order valence-corrected chi connectivity index (χ2v) is 6.95. The van der Waals surface area contributed by atoms with E-state index in [0.717, 1.165) is 9.35 Å². The molecule has 0 saturated heterocycles. The Morgan fingerprint density at radius 3 is 3.00 bits per heavy atom. The van der Waals surface area contributed by atoms with E-state index >= 15 is 0 Å². The van der Waals surface area contributed by atoms with E-state index in [1.165, 1.54) is 29.4 Å². The molecule has 102 valence electrons. The number of thioether (sulfide) groups is 1. The normalized spacial score (nSPS) is 11.1. The van der Waals surface area contributed by atoms with Crippen molar-refractivity contribution in [2.75, 3.05) is 0 Å². The van der Waals surface area contributed by atoms with Crippen molar-refractivity contribution in [1.82, 2.24) is 10.2 Å². The van der Waals surface area contributed by atoms with Crippen molar-refractivity contribution in [3.63, 3.8) is 0 Å². The summed E-state index contributed by atoms with van der Waals surface area (Å²) in [6.07, 6.45) is 1.50. The summed E-state index contributed by atoms with van der Waals surface area (Å²) in [5.74, 6) is 0.499. The lowest BCUT2D eigenvalue weighted by Crippen LogP contribution is -2.07. The largest absolute Gasteiger partial charge is 0.464 e. The molecule has 0 aliphatic heterocycles. The zero-order valence-corrected chi connectivity index (χ0v) is 12.8. The third kappa shape index (κ3) is 2.72. The SMILES string of the molecule is Cc1nnc(SCc2coc3ccc(Cl)cc3c2=O)s1. The molecule has 1 aromatic carbocycles. The molecule has 0 aliphatic rings. The summed E-state index contributed by atoms with van der Waals surface area (Å²) >= 11 is 8.90. The lowest BCUT2D eigenvalue weighted by atomic mass is 10.2. The van der Waals surface area contributed by atoms with Gasteiger partial charge in [0, 0.05) is 16.3 Å². The monoisotopic (exact) mass is 324 g/mol. The van der Waals surface area contributed by atoms with Crippen molar-refractivity contribution in [2.24, 2.45) is 0 Å². The first-order chi connectivity index (χ1) is 9.63. The smallest absolute Gasteiger partial charge is 0.196 e. The van der Waals surface area contributed by atoms with Gasteiger partial charge in [0.05, 0.1) is 11.6 Å². The average Bonchev–Trinajstić information content (AvgIpc) is 2.84. The fourth-order valence-electron chi connectivity index (χ4n) is 1.72. The van der Waals surface area contributed by atoms with E-state index in [0.29, 0.717) is 27.3 Å². The van der Waals surface area contributed by atoms with Crippen LogP contribution in [0.2, 0.25) is 5.02 Å².